The summed E-state index contributed by atoms with van der Waals surface area (Å²) in [4.78, 5) is 25.9. The van der Waals surface area contributed by atoms with Crippen LogP contribution in [0, 0.1) is 0 Å². The molecule has 0 saturated heterocycles. The Morgan fingerprint density at radius 1 is 1.04 bits per heavy atom. The first-order valence-corrected chi connectivity index (χ1v) is 8.37. The molecule has 2 N–H and O–H groups in total. The first-order valence-electron chi connectivity index (χ1n) is 8.37. The maximum atomic E-state index is 12.4. The molecule has 26 heavy (non-hydrogen) atoms. The maximum absolute atomic E-state index is 12.4. The number of rotatable bonds is 7. The van der Waals surface area contributed by atoms with Gasteiger partial charge in [0.05, 0.1) is 19.6 Å². The van der Waals surface area contributed by atoms with Gasteiger partial charge in [-0.25, -0.2) is 0 Å². The zero-order valence-corrected chi connectivity index (χ0v) is 15.6. The second-order valence-electron chi connectivity index (χ2n) is 6.22. The van der Waals surface area contributed by atoms with E-state index in [9.17, 15) is 9.59 Å². The standard InChI is InChI=1S/C20H25N3O3/c1-14(24)21-19(15-5-11-18(26-4)12-6-15)13-20(25)22-16-7-9-17(10-8-16)23(2)3/h5-12,19H,13H2,1-4H3,(H,21,24)(H,22,25). The minimum Gasteiger partial charge on any atom is -0.497 e. The average molecular weight is 355 g/mol. The van der Waals surface area contributed by atoms with Gasteiger partial charge in [0.15, 0.2) is 0 Å². The molecule has 0 aliphatic heterocycles. The Kier molecular flexibility index (Phi) is 6.60. The monoisotopic (exact) mass is 355 g/mol. The molecule has 0 spiro atoms. The number of hydrogen-bond donors (Lipinski definition) is 2. The van der Waals surface area contributed by atoms with E-state index >= 15 is 0 Å². The molecule has 0 aliphatic carbocycles. The third-order valence-corrected chi connectivity index (χ3v) is 3.95. The van der Waals surface area contributed by atoms with Crippen LogP contribution in [0.1, 0.15) is 24.9 Å². The van der Waals surface area contributed by atoms with Crippen LogP contribution in [0.2, 0.25) is 0 Å². The number of carbonyl (C=O) groups is 2. The van der Waals surface area contributed by atoms with Crippen LogP contribution in [-0.4, -0.2) is 33.0 Å². The highest BCUT2D eigenvalue weighted by atomic mass is 16.5. The van der Waals surface area contributed by atoms with Crippen molar-refractivity contribution in [2.75, 3.05) is 31.4 Å². The van der Waals surface area contributed by atoms with Gasteiger partial charge in [0.1, 0.15) is 5.75 Å². The van der Waals surface area contributed by atoms with Crippen LogP contribution in [0.15, 0.2) is 48.5 Å². The molecule has 0 radical (unpaired) electrons. The minimum atomic E-state index is -0.403. The van der Waals surface area contributed by atoms with Gasteiger partial charge in [-0.2, -0.15) is 0 Å². The summed E-state index contributed by atoms with van der Waals surface area (Å²) < 4.78 is 5.15. The number of ether oxygens (including phenoxy) is 1. The third kappa shape index (κ3) is 5.51. The number of anilines is 2. The predicted molar refractivity (Wildman–Crippen MR) is 104 cm³/mol. The van der Waals surface area contributed by atoms with Gasteiger partial charge in [-0.05, 0) is 42.0 Å². The molecule has 2 amide bonds. The molecule has 1 atom stereocenters. The zero-order chi connectivity index (χ0) is 19.1. The molecule has 1 unspecified atom stereocenters. The van der Waals surface area contributed by atoms with Crippen molar-refractivity contribution < 1.29 is 14.3 Å². The van der Waals surface area contributed by atoms with E-state index in [0.29, 0.717) is 0 Å². The topological polar surface area (TPSA) is 70.7 Å². The van der Waals surface area contributed by atoms with Gasteiger partial charge in [0.2, 0.25) is 11.8 Å². The number of methoxy groups -OCH3 is 1. The van der Waals surface area contributed by atoms with Gasteiger partial charge in [-0.3, -0.25) is 9.59 Å². The summed E-state index contributed by atoms with van der Waals surface area (Å²) >= 11 is 0. The third-order valence-electron chi connectivity index (χ3n) is 3.95. The number of benzene rings is 2. The van der Waals surface area contributed by atoms with E-state index in [0.717, 1.165) is 22.7 Å². The Hall–Kier alpha value is -3.02. The second kappa shape index (κ2) is 8.89. The Labute approximate surface area is 154 Å². The van der Waals surface area contributed by atoms with Gasteiger partial charge in [0.25, 0.3) is 0 Å². The van der Waals surface area contributed by atoms with Crippen LogP contribution in [0.4, 0.5) is 11.4 Å². The summed E-state index contributed by atoms with van der Waals surface area (Å²) in [6.07, 6.45) is 0.140. The largest absolute Gasteiger partial charge is 0.497 e. The molecular formula is C20H25N3O3. The van der Waals surface area contributed by atoms with Crippen LogP contribution in [-0.2, 0) is 9.59 Å². The average Bonchev–Trinajstić information content (AvgIpc) is 2.61. The number of hydrogen-bond acceptors (Lipinski definition) is 4. The number of nitrogens with one attached hydrogen (secondary N) is 2. The summed E-state index contributed by atoms with van der Waals surface area (Å²) in [6, 6.07) is 14.5. The summed E-state index contributed by atoms with van der Waals surface area (Å²) in [6.45, 7) is 1.44. The molecule has 6 heteroatoms. The van der Waals surface area contributed by atoms with Crippen molar-refractivity contribution in [2.45, 2.75) is 19.4 Å². The Morgan fingerprint density at radius 2 is 1.65 bits per heavy atom. The van der Waals surface area contributed by atoms with Crippen molar-refractivity contribution in [1.82, 2.24) is 5.32 Å². The van der Waals surface area contributed by atoms with E-state index < -0.39 is 6.04 Å². The molecule has 0 saturated carbocycles. The number of nitrogens with zero attached hydrogens (tertiary/aromatic N) is 1. The number of carbonyl (C=O) groups excluding carboxylic acids is 2. The van der Waals surface area contributed by atoms with E-state index in [-0.39, 0.29) is 18.2 Å². The molecule has 0 heterocycles. The Morgan fingerprint density at radius 3 is 2.15 bits per heavy atom. The molecule has 138 valence electrons. The van der Waals surface area contributed by atoms with Gasteiger partial charge in [-0.15, -0.1) is 0 Å². The highest BCUT2D eigenvalue weighted by molar-refractivity contribution is 5.91. The van der Waals surface area contributed by atoms with Crippen molar-refractivity contribution in [1.29, 1.82) is 0 Å². The fraction of sp³-hybridized carbons (Fsp3) is 0.300. The van der Waals surface area contributed by atoms with Crippen molar-refractivity contribution in [3.05, 3.63) is 54.1 Å². The Bertz CT molecular complexity index is 740. The molecule has 2 rings (SSSR count). The molecule has 6 nitrogen and oxygen atoms in total. The number of amides is 2. The SMILES string of the molecule is COc1ccc(C(CC(=O)Nc2ccc(N(C)C)cc2)NC(C)=O)cc1. The molecule has 0 aliphatic rings. The van der Waals surface area contributed by atoms with Gasteiger partial charge in [-0.1, -0.05) is 12.1 Å². The molecule has 0 fully saturated rings. The van der Waals surface area contributed by atoms with Crippen molar-refractivity contribution in [3.63, 3.8) is 0 Å². The van der Waals surface area contributed by atoms with Crippen LogP contribution >= 0.6 is 0 Å². The van der Waals surface area contributed by atoms with Crippen LogP contribution < -0.4 is 20.3 Å². The summed E-state index contributed by atoms with van der Waals surface area (Å²) in [5.74, 6) is 0.367. The van der Waals surface area contributed by atoms with Crippen LogP contribution in [0.3, 0.4) is 0 Å². The highest BCUT2D eigenvalue weighted by Crippen LogP contribution is 2.22. The lowest BCUT2D eigenvalue weighted by Crippen LogP contribution is -2.29. The minimum absolute atomic E-state index is 0.140. The predicted octanol–water partition coefficient (Wildman–Crippen LogP) is 2.97. The van der Waals surface area contributed by atoms with E-state index in [2.05, 4.69) is 10.6 Å². The lowest BCUT2D eigenvalue weighted by molar-refractivity contribution is -0.120. The van der Waals surface area contributed by atoms with E-state index in [1.807, 2.05) is 67.5 Å². The first-order chi connectivity index (χ1) is 12.4. The quantitative estimate of drug-likeness (QED) is 0.801. The highest BCUT2D eigenvalue weighted by Gasteiger charge is 2.17. The van der Waals surface area contributed by atoms with E-state index in [1.165, 1.54) is 6.92 Å². The van der Waals surface area contributed by atoms with Crippen molar-refractivity contribution >= 4 is 23.2 Å². The van der Waals surface area contributed by atoms with Gasteiger partial charge in [0, 0.05) is 32.4 Å². The molecule has 0 aromatic heterocycles. The van der Waals surface area contributed by atoms with Crippen molar-refractivity contribution in [2.24, 2.45) is 0 Å². The smallest absolute Gasteiger partial charge is 0.226 e. The normalized spacial score (nSPS) is 11.4. The van der Waals surface area contributed by atoms with E-state index in [1.54, 1.807) is 7.11 Å². The molecule has 0 bridgehead atoms. The molecular weight excluding hydrogens is 330 g/mol. The van der Waals surface area contributed by atoms with Crippen LogP contribution in [0.5, 0.6) is 5.75 Å². The maximum Gasteiger partial charge on any atom is 0.226 e. The summed E-state index contributed by atoms with van der Waals surface area (Å²) in [5, 5.41) is 5.70. The molecule has 2 aromatic carbocycles. The van der Waals surface area contributed by atoms with Gasteiger partial charge >= 0.3 is 0 Å². The first kappa shape index (κ1) is 19.3. The zero-order valence-electron chi connectivity index (χ0n) is 15.6. The van der Waals surface area contributed by atoms with Crippen molar-refractivity contribution in [3.8, 4) is 5.75 Å². The Balaban J connectivity index is 2.06. The lowest BCUT2D eigenvalue weighted by atomic mass is 10.0. The lowest BCUT2D eigenvalue weighted by Gasteiger charge is -2.19. The molecule has 2 aromatic rings. The summed E-state index contributed by atoms with van der Waals surface area (Å²) in [5.41, 5.74) is 2.62. The summed E-state index contributed by atoms with van der Waals surface area (Å²) in [7, 11) is 5.51. The second-order valence-corrected chi connectivity index (χ2v) is 6.22. The van der Waals surface area contributed by atoms with Gasteiger partial charge < -0.3 is 20.3 Å². The fourth-order valence-corrected chi connectivity index (χ4v) is 2.57. The van der Waals surface area contributed by atoms with Crippen LogP contribution in [0.25, 0.3) is 0 Å². The van der Waals surface area contributed by atoms with E-state index in [4.69, 9.17) is 4.74 Å². The fourth-order valence-electron chi connectivity index (χ4n) is 2.57.